The number of carboxylic acid groups (broad SMARTS) is 1. The molecule has 2 N–H and O–H groups in total. The van der Waals surface area contributed by atoms with E-state index in [1.807, 2.05) is 4.90 Å². The first kappa shape index (κ1) is 18.5. The van der Waals surface area contributed by atoms with Crippen molar-refractivity contribution in [2.75, 3.05) is 10.2 Å². The molecule has 6 heteroatoms. The number of carbonyl (C=O) groups is 2. The lowest BCUT2D eigenvalue weighted by Crippen LogP contribution is -2.51. The maximum atomic E-state index is 14.1. The van der Waals surface area contributed by atoms with Gasteiger partial charge in [-0.25, -0.2) is 9.18 Å². The Bertz CT molecular complexity index is 924. The maximum absolute atomic E-state index is 14.1. The van der Waals surface area contributed by atoms with Gasteiger partial charge in [0.2, 0.25) is 5.91 Å². The Morgan fingerprint density at radius 1 is 1.14 bits per heavy atom. The minimum atomic E-state index is -0.976. The van der Waals surface area contributed by atoms with Crippen molar-refractivity contribution in [1.29, 1.82) is 0 Å². The molecule has 1 aliphatic heterocycles. The molecule has 1 saturated carbocycles. The molecule has 146 valence electrons. The lowest BCUT2D eigenvalue weighted by molar-refractivity contribution is -0.117. The molecular weight excluding hydrogens is 359 g/mol. The number of rotatable bonds is 4. The third kappa shape index (κ3) is 3.23. The number of carboxylic acids is 1. The van der Waals surface area contributed by atoms with Crippen LogP contribution in [0.1, 0.15) is 48.7 Å². The Labute approximate surface area is 163 Å². The fourth-order valence-corrected chi connectivity index (χ4v) is 4.43. The summed E-state index contributed by atoms with van der Waals surface area (Å²) in [6.07, 6.45) is 2.19. The van der Waals surface area contributed by atoms with Crippen LogP contribution in [-0.2, 0) is 4.79 Å². The second-order valence-corrected chi connectivity index (χ2v) is 7.78. The Morgan fingerprint density at radius 2 is 1.82 bits per heavy atom. The fraction of sp³-hybridized carbons (Fsp3) is 0.364. The van der Waals surface area contributed by atoms with Crippen LogP contribution in [0.5, 0.6) is 0 Å². The molecule has 28 heavy (non-hydrogen) atoms. The van der Waals surface area contributed by atoms with E-state index in [2.05, 4.69) is 12.2 Å². The largest absolute Gasteiger partial charge is 0.478 e. The lowest BCUT2D eigenvalue weighted by atomic mass is 9.79. The van der Waals surface area contributed by atoms with Crippen molar-refractivity contribution in [1.82, 2.24) is 0 Å². The molecule has 1 aliphatic carbocycles. The molecule has 0 radical (unpaired) electrons. The number of amides is 1. The van der Waals surface area contributed by atoms with Crippen molar-refractivity contribution >= 4 is 23.3 Å². The fourth-order valence-electron chi connectivity index (χ4n) is 4.43. The number of nitrogens with one attached hydrogen (secondary N) is 1. The van der Waals surface area contributed by atoms with Gasteiger partial charge in [-0.3, -0.25) is 4.79 Å². The second kappa shape index (κ2) is 6.93. The van der Waals surface area contributed by atoms with Gasteiger partial charge in [0.15, 0.2) is 0 Å². The van der Waals surface area contributed by atoms with Crippen molar-refractivity contribution in [3.63, 3.8) is 0 Å². The molecule has 5 nitrogen and oxygen atoms in total. The van der Waals surface area contributed by atoms with Gasteiger partial charge in [0, 0.05) is 35.8 Å². The number of anilines is 2. The average molecular weight is 382 g/mol. The standard InChI is InChI=1S/C22H23FN2O3/c1-12-20(24-17-8-5-15(6-9-17)22(27)28)18-11-16(23)7-10-19(18)25(13(2)26)21(12)14-3-4-14/h5-12,14,20-21,24H,3-4H2,1-2H3,(H,27,28)/t12-,20-,21+/m1/s1. The van der Waals surface area contributed by atoms with Gasteiger partial charge >= 0.3 is 5.97 Å². The molecule has 2 aliphatic rings. The number of benzene rings is 2. The zero-order chi connectivity index (χ0) is 20.0. The van der Waals surface area contributed by atoms with Crippen LogP contribution < -0.4 is 10.2 Å². The van der Waals surface area contributed by atoms with Crippen molar-refractivity contribution in [3.05, 3.63) is 59.4 Å². The van der Waals surface area contributed by atoms with Gasteiger partial charge in [0.1, 0.15) is 5.82 Å². The first-order chi connectivity index (χ1) is 13.4. The number of aromatic carboxylic acids is 1. The van der Waals surface area contributed by atoms with Crippen LogP contribution in [0.15, 0.2) is 42.5 Å². The second-order valence-electron chi connectivity index (χ2n) is 7.78. The van der Waals surface area contributed by atoms with Crippen LogP contribution in [0.4, 0.5) is 15.8 Å². The van der Waals surface area contributed by atoms with E-state index in [9.17, 15) is 14.0 Å². The molecule has 3 atom stereocenters. The number of nitrogens with zero attached hydrogens (tertiary/aromatic N) is 1. The van der Waals surface area contributed by atoms with E-state index in [0.717, 1.165) is 29.8 Å². The highest BCUT2D eigenvalue weighted by Crippen LogP contribution is 2.50. The van der Waals surface area contributed by atoms with Crippen molar-refractivity contribution in [2.45, 2.75) is 38.8 Å². The molecule has 1 amide bonds. The predicted octanol–water partition coefficient (Wildman–Crippen LogP) is 4.46. The number of halogens is 1. The van der Waals surface area contributed by atoms with Gasteiger partial charge in [-0.15, -0.1) is 0 Å². The van der Waals surface area contributed by atoms with Gasteiger partial charge in [-0.05, 0) is 61.2 Å². The van der Waals surface area contributed by atoms with Crippen LogP contribution in [0.25, 0.3) is 0 Å². The van der Waals surface area contributed by atoms with E-state index < -0.39 is 5.97 Å². The van der Waals surface area contributed by atoms with Crippen LogP contribution >= 0.6 is 0 Å². The quantitative estimate of drug-likeness (QED) is 0.819. The summed E-state index contributed by atoms with van der Waals surface area (Å²) in [6, 6.07) is 11.0. The highest BCUT2D eigenvalue weighted by Gasteiger charge is 2.47. The molecule has 0 unspecified atom stereocenters. The molecular formula is C22H23FN2O3. The lowest BCUT2D eigenvalue weighted by Gasteiger charge is -2.46. The van der Waals surface area contributed by atoms with E-state index in [1.54, 1.807) is 37.3 Å². The molecule has 0 bridgehead atoms. The zero-order valence-corrected chi connectivity index (χ0v) is 15.9. The highest BCUT2D eigenvalue weighted by atomic mass is 19.1. The normalized spacial score (nSPS) is 23.8. The Hall–Kier alpha value is -2.89. The summed E-state index contributed by atoms with van der Waals surface area (Å²) in [6.45, 7) is 3.66. The van der Waals surface area contributed by atoms with E-state index in [4.69, 9.17) is 5.11 Å². The number of carbonyl (C=O) groups excluding carboxylic acids is 1. The molecule has 4 rings (SSSR count). The molecule has 0 spiro atoms. The average Bonchev–Trinajstić information content (AvgIpc) is 3.48. The molecule has 0 aromatic heterocycles. The maximum Gasteiger partial charge on any atom is 0.335 e. The predicted molar refractivity (Wildman–Crippen MR) is 105 cm³/mol. The minimum absolute atomic E-state index is 0.0270. The van der Waals surface area contributed by atoms with E-state index in [-0.39, 0.29) is 35.3 Å². The van der Waals surface area contributed by atoms with Crippen molar-refractivity contribution in [2.24, 2.45) is 11.8 Å². The highest BCUT2D eigenvalue weighted by molar-refractivity contribution is 5.94. The van der Waals surface area contributed by atoms with E-state index >= 15 is 0 Å². The molecule has 2 aromatic rings. The summed E-state index contributed by atoms with van der Waals surface area (Å²) in [7, 11) is 0. The minimum Gasteiger partial charge on any atom is -0.478 e. The first-order valence-electron chi connectivity index (χ1n) is 9.56. The summed E-state index contributed by atoms with van der Waals surface area (Å²) in [5, 5.41) is 12.5. The monoisotopic (exact) mass is 382 g/mol. The van der Waals surface area contributed by atoms with Crippen molar-refractivity contribution in [3.8, 4) is 0 Å². The number of hydrogen-bond acceptors (Lipinski definition) is 3. The van der Waals surface area contributed by atoms with Crippen molar-refractivity contribution < 1.29 is 19.1 Å². The summed E-state index contributed by atoms with van der Waals surface area (Å²) >= 11 is 0. The smallest absolute Gasteiger partial charge is 0.335 e. The topological polar surface area (TPSA) is 69.6 Å². The number of hydrogen-bond donors (Lipinski definition) is 2. The summed E-state index contributed by atoms with van der Waals surface area (Å²) in [5.74, 6) is -0.815. The summed E-state index contributed by atoms with van der Waals surface area (Å²) < 4.78 is 14.1. The SMILES string of the molecule is CC(=O)N1c2ccc(F)cc2[C@H](Nc2ccc(C(=O)O)cc2)[C@@H](C)[C@H]1C1CC1. The Morgan fingerprint density at radius 3 is 2.39 bits per heavy atom. The molecule has 1 heterocycles. The van der Waals surface area contributed by atoms with Gasteiger partial charge in [-0.2, -0.15) is 0 Å². The number of fused-ring (bicyclic) bond motifs is 1. The first-order valence-corrected chi connectivity index (χ1v) is 9.56. The van der Waals surface area contributed by atoms with Gasteiger partial charge < -0.3 is 15.3 Å². The van der Waals surface area contributed by atoms with E-state index in [1.165, 1.54) is 12.1 Å². The van der Waals surface area contributed by atoms with Crippen LogP contribution in [-0.4, -0.2) is 23.0 Å². The molecule has 0 saturated heterocycles. The third-order valence-corrected chi connectivity index (χ3v) is 5.85. The summed E-state index contributed by atoms with van der Waals surface area (Å²) in [5.41, 5.74) is 2.49. The van der Waals surface area contributed by atoms with Crippen LogP contribution in [0.3, 0.4) is 0 Å². The van der Waals surface area contributed by atoms with Gasteiger partial charge in [0.25, 0.3) is 0 Å². The molecule has 1 fully saturated rings. The van der Waals surface area contributed by atoms with Crippen LogP contribution in [0.2, 0.25) is 0 Å². The Kier molecular flexibility index (Phi) is 4.57. The van der Waals surface area contributed by atoms with Gasteiger partial charge in [-0.1, -0.05) is 6.92 Å². The Balaban J connectivity index is 1.74. The van der Waals surface area contributed by atoms with Gasteiger partial charge in [0.05, 0.1) is 11.6 Å². The summed E-state index contributed by atoms with van der Waals surface area (Å²) in [4.78, 5) is 25.4. The zero-order valence-electron chi connectivity index (χ0n) is 15.9. The third-order valence-electron chi connectivity index (χ3n) is 5.85. The van der Waals surface area contributed by atoms with Crippen LogP contribution in [0, 0.1) is 17.7 Å². The van der Waals surface area contributed by atoms with E-state index in [0.29, 0.717) is 5.92 Å². The molecule has 2 aromatic carbocycles.